The molecule has 0 aromatic carbocycles. The maximum absolute atomic E-state index is 11.3. The molecule has 1 heterocycles. The zero-order chi connectivity index (χ0) is 10.4. The standard InChI is InChI=1S/C11H22N2O/c1-3-5-9(2)13-10-6-4-7-12-11(14)8-10/h9-10,13H,3-8H2,1-2H3,(H,12,14). The Morgan fingerprint density at radius 1 is 1.64 bits per heavy atom. The van der Waals surface area contributed by atoms with Crippen molar-refractivity contribution >= 4 is 5.91 Å². The van der Waals surface area contributed by atoms with Gasteiger partial charge in [-0.15, -0.1) is 0 Å². The van der Waals surface area contributed by atoms with Crippen LogP contribution in [0, 0.1) is 0 Å². The largest absolute Gasteiger partial charge is 0.356 e. The van der Waals surface area contributed by atoms with Crippen molar-refractivity contribution in [2.45, 2.75) is 58.0 Å². The molecular weight excluding hydrogens is 176 g/mol. The first-order valence-electron chi connectivity index (χ1n) is 5.75. The molecule has 0 spiro atoms. The van der Waals surface area contributed by atoms with E-state index in [1.54, 1.807) is 0 Å². The highest BCUT2D eigenvalue weighted by molar-refractivity contribution is 5.76. The lowest BCUT2D eigenvalue weighted by Crippen LogP contribution is -2.38. The molecule has 2 unspecified atom stereocenters. The van der Waals surface area contributed by atoms with Crippen molar-refractivity contribution in [3.63, 3.8) is 0 Å². The van der Waals surface area contributed by atoms with Crippen LogP contribution < -0.4 is 10.6 Å². The van der Waals surface area contributed by atoms with E-state index in [9.17, 15) is 4.79 Å². The Kier molecular flexibility index (Phi) is 4.94. The lowest BCUT2D eigenvalue weighted by molar-refractivity contribution is -0.121. The molecule has 1 aliphatic heterocycles. The Bertz CT molecular complexity index is 182. The summed E-state index contributed by atoms with van der Waals surface area (Å²) >= 11 is 0. The first kappa shape index (κ1) is 11.5. The van der Waals surface area contributed by atoms with E-state index in [2.05, 4.69) is 24.5 Å². The van der Waals surface area contributed by atoms with Gasteiger partial charge in [-0.2, -0.15) is 0 Å². The number of amides is 1. The summed E-state index contributed by atoms with van der Waals surface area (Å²) in [6.45, 7) is 5.24. The van der Waals surface area contributed by atoms with Crippen LogP contribution in [0.3, 0.4) is 0 Å². The molecule has 2 atom stereocenters. The van der Waals surface area contributed by atoms with Gasteiger partial charge in [0.25, 0.3) is 0 Å². The minimum Gasteiger partial charge on any atom is -0.356 e. The van der Waals surface area contributed by atoms with Crippen molar-refractivity contribution in [3.05, 3.63) is 0 Å². The Balaban J connectivity index is 2.30. The third-order valence-corrected chi connectivity index (χ3v) is 2.73. The van der Waals surface area contributed by atoms with Crippen LogP contribution in [0.5, 0.6) is 0 Å². The summed E-state index contributed by atoms with van der Waals surface area (Å²) in [7, 11) is 0. The molecule has 3 heteroatoms. The Morgan fingerprint density at radius 3 is 3.14 bits per heavy atom. The molecule has 1 fully saturated rings. The Hall–Kier alpha value is -0.570. The van der Waals surface area contributed by atoms with Crippen LogP contribution in [0.15, 0.2) is 0 Å². The van der Waals surface area contributed by atoms with E-state index >= 15 is 0 Å². The zero-order valence-corrected chi connectivity index (χ0v) is 9.31. The van der Waals surface area contributed by atoms with Crippen molar-refractivity contribution in [1.82, 2.24) is 10.6 Å². The van der Waals surface area contributed by atoms with Gasteiger partial charge >= 0.3 is 0 Å². The van der Waals surface area contributed by atoms with E-state index in [1.807, 2.05) is 0 Å². The summed E-state index contributed by atoms with van der Waals surface area (Å²) < 4.78 is 0. The van der Waals surface area contributed by atoms with Crippen LogP contribution >= 0.6 is 0 Å². The molecule has 1 amide bonds. The lowest BCUT2D eigenvalue weighted by Gasteiger charge is -2.20. The molecule has 0 aromatic heterocycles. The lowest BCUT2D eigenvalue weighted by atomic mass is 10.1. The van der Waals surface area contributed by atoms with E-state index in [1.165, 1.54) is 12.8 Å². The Morgan fingerprint density at radius 2 is 2.43 bits per heavy atom. The van der Waals surface area contributed by atoms with Crippen LogP contribution in [0.2, 0.25) is 0 Å². The second-order valence-electron chi connectivity index (χ2n) is 4.25. The van der Waals surface area contributed by atoms with E-state index in [-0.39, 0.29) is 5.91 Å². The van der Waals surface area contributed by atoms with Gasteiger partial charge in [-0.1, -0.05) is 13.3 Å². The first-order valence-corrected chi connectivity index (χ1v) is 5.75. The number of carbonyl (C=O) groups excluding carboxylic acids is 1. The van der Waals surface area contributed by atoms with E-state index in [0.717, 1.165) is 19.4 Å². The third kappa shape index (κ3) is 4.09. The topological polar surface area (TPSA) is 41.1 Å². The van der Waals surface area contributed by atoms with Crippen LogP contribution in [0.4, 0.5) is 0 Å². The quantitative estimate of drug-likeness (QED) is 0.717. The molecule has 1 saturated heterocycles. The molecule has 14 heavy (non-hydrogen) atoms. The normalized spacial score (nSPS) is 25.3. The predicted octanol–water partition coefficient (Wildman–Crippen LogP) is 1.43. The molecule has 0 saturated carbocycles. The van der Waals surface area contributed by atoms with Gasteiger partial charge in [-0.05, 0) is 26.2 Å². The van der Waals surface area contributed by atoms with Gasteiger partial charge in [-0.3, -0.25) is 4.79 Å². The van der Waals surface area contributed by atoms with Crippen LogP contribution in [0.25, 0.3) is 0 Å². The van der Waals surface area contributed by atoms with Gasteiger partial charge < -0.3 is 10.6 Å². The summed E-state index contributed by atoms with van der Waals surface area (Å²) in [5.41, 5.74) is 0. The highest BCUT2D eigenvalue weighted by atomic mass is 16.1. The molecule has 1 aliphatic rings. The second kappa shape index (κ2) is 6.02. The van der Waals surface area contributed by atoms with Gasteiger partial charge in [0.2, 0.25) is 5.91 Å². The molecule has 0 radical (unpaired) electrons. The summed E-state index contributed by atoms with van der Waals surface area (Å²) in [4.78, 5) is 11.3. The van der Waals surface area contributed by atoms with Crippen LogP contribution in [-0.2, 0) is 4.79 Å². The molecule has 3 nitrogen and oxygen atoms in total. The molecule has 82 valence electrons. The fourth-order valence-corrected chi connectivity index (χ4v) is 2.04. The fourth-order valence-electron chi connectivity index (χ4n) is 2.04. The minimum absolute atomic E-state index is 0.198. The minimum atomic E-state index is 0.198. The molecule has 2 N–H and O–H groups in total. The smallest absolute Gasteiger partial charge is 0.221 e. The van der Waals surface area contributed by atoms with Crippen molar-refractivity contribution in [1.29, 1.82) is 0 Å². The number of hydrogen-bond acceptors (Lipinski definition) is 2. The first-order chi connectivity index (χ1) is 6.72. The number of carbonyl (C=O) groups is 1. The average Bonchev–Trinajstić information content (AvgIpc) is 2.30. The van der Waals surface area contributed by atoms with Crippen molar-refractivity contribution in [3.8, 4) is 0 Å². The van der Waals surface area contributed by atoms with Crippen LogP contribution in [0.1, 0.15) is 46.0 Å². The van der Waals surface area contributed by atoms with Crippen LogP contribution in [-0.4, -0.2) is 24.5 Å². The monoisotopic (exact) mass is 198 g/mol. The maximum atomic E-state index is 11.3. The van der Waals surface area contributed by atoms with Gasteiger partial charge in [0.1, 0.15) is 0 Å². The van der Waals surface area contributed by atoms with Crippen molar-refractivity contribution in [2.75, 3.05) is 6.54 Å². The number of rotatable bonds is 4. The predicted molar refractivity (Wildman–Crippen MR) is 58.2 cm³/mol. The van der Waals surface area contributed by atoms with E-state index < -0.39 is 0 Å². The average molecular weight is 198 g/mol. The number of hydrogen-bond donors (Lipinski definition) is 2. The van der Waals surface area contributed by atoms with Gasteiger partial charge in [-0.25, -0.2) is 0 Å². The second-order valence-corrected chi connectivity index (χ2v) is 4.25. The fraction of sp³-hybridized carbons (Fsp3) is 0.909. The highest BCUT2D eigenvalue weighted by Crippen LogP contribution is 2.08. The summed E-state index contributed by atoms with van der Waals surface area (Å²) in [6.07, 6.45) is 5.26. The summed E-state index contributed by atoms with van der Waals surface area (Å²) in [5, 5.41) is 6.43. The molecule has 0 bridgehead atoms. The molecular formula is C11H22N2O. The SMILES string of the molecule is CCCC(C)NC1CCCNC(=O)C1. The van der Waals surface area contributed by atoms with E-state index in [4.69, 9.17) is 0 Å². The van der Waals surface area contributed by atoms with E-state index in [0.29, 0.717) is 18.5 Å². The zero-order valence-electron chi connectivity index (χ0n) is 9.31. The third-order valence-electron chi connectivity index (χ3n) is 2.73. The van der Waals surface area contributed by atoms with Crippen molar-refractivity contribution < 1.29 is 4.79 Å². The highest BCUT2D eigenvalue weighted by Gasteiger charge is 2.18. The molecule has 1 rings (SSSR count). The summed E-state index contributed by atoms with van der Waals surface area (Å²) in [5.74, 6) is 0.198. The van der Waals surface area contributed by atoms with Gasteiger partial charge in [0.05, 0.1) is 0 Å². The van der Waals surface area contributed by atoms with Gasteiger partial charge in [0.15, 0.2) is 0 Å². The molecule has 0 aliphatic carbocycles. The van der Waals surface area contributed by atoms with Crippen molar-refractivity contribution in [2.24, 2.45) is 0 Å². The number of nitrogens with one attached hydrogen (secondary N) is 2. The summed E-state index contributed by atoms with van der Waals surface area (Å²) in [6, 6.07) is 0.926. The molecule has 0 aromatic rings. The maximum Gasteiger partial charge on any atom is 0.221 e. The Labute approximate surface area is 86.6 Å². The van der Waals surface area contributed by atoms with Gasteiger partial charge in [0, 0.05) is 25.0 Å².